The molecule has 0 aliphatic rings. The minimum absolute atomic E-state index is 0.112. The first-order valence-electron chi connectivity index (χ1n) is 17.1. The van der Waals surface area contributed by atoms with Gasteiger partial charge in [-0.05, 0) is 38.5 Å². The fraction of sp³-hybridized carbons (Fsp3) is 0.886. The van der Waals surface area contributed by atoms with Gasteiger partial charge in [-0.3, -0.25) is 9.59 Å². The molecule has 0 heterocycles. The number of carbonyl (C=O) groups is 2. The summed E-state index contributed by atoms with van der Waals surface area (Å²) in [7, 11) is 0. The molecule has 0 rings (SSSR count). The summed E-state index contributed by atoms with van der Waals surface area (Å²) in [5, 5.41) is 9.05. The van der Waals surface area contributed by atoms with Gasteiger partial charge in [0, 0.05) is 0 Å². The van der Waals surface area contributed by atoms with Gasteiger partial charge in [0.15, 0.2) is 0 Å². The molecule has 0 aliphatic carbocycles. The van der Waals surface area contributed by atoms with E-state index in [1.165, 1.54) is 141 Å². The molecule has 0 aromatic heterocycles. The number of carboxylic acids is 1. The summed E-state index contributed by atoms with van der Waals surface area (Å²) in [6.45, 7) is 4.61. The summed E-state index contributed by atoms with van der Waals surface area (Å²) in [6.07, 6.45) is 38.0. The zero-order valence-electron chi connectivity index (χ0n) is 26.2. The van der Waals surface area contributed by atoms with Crippen LogP contribution in [0, 0.1) is 5.92 Å². The van der Waals surface area contributed by atoms with Gasteiger partial charge in [0.05, 0.1) is 18.9 Å². The summed E-state index contributed by atoms with van der Waals surface area (Å²) in [4.78, 5) is 23.0. The molecule has 0 aromatic rings. The molecule has 1 N–H and O–H groups in total. The number of hydrogen-bond acceptors (Lipinski definition) is 3. The molecular weight excluding hydrogens is 484 g/mol. The smallest absolute Gasteiger partial charge is 0.309 e. The Morgan fingerprint density at radius 1 is 0.564 bits per heavy atom. The molecule has 0 aromatic carbocycles. The Kier molecular flexibility index (Phi) is 30.2. The van der Waals surface area contributed by atoms with Crippen LogP contribution in [0.25, 0.3) is 0 Å². The van der Waals surface area contributed by atoms with E-state index in [2.05, 4.69) is 19.1 Å². The minimum atomic E-state index is -0.916. The number of rotatable bonds is 31. The Labute approximate surface area is 243 Å². The summed E-state index contributed by atoms with van der Waals surface area (Å²) >= 11 is 0. The van der Waals surface area contributed by atoms with E-state index in [0.717, 1.165) is 19.3 Å². The van der Waals surface area contributed by atoms with E-state index >= 15 is 0 Å². The van der Waals surface area contributed by atoms with Gasteiger partial charge in [0.25, 0.3) is 0 Å². The number of aliphatic carboxylic acids is 1. The van der Waals surface area contributed by atoms with Crippen LogP contribution in [0.4, 0.5) is 0 Å². The second-order valence-electron chi connectivity index (χ2n) is 11.7. The van der Waals surface area contributed by atoms with Crippen LogP contribution in [0.5, 0.6) is 0 Å². The first-order valence-corrected chi connectivity index (χ1v) is 17.1. The van der Waals surface area contributed by atoms with E-state index in [0.29, 0.717) is 13.0 Å². The molecule has 1 atom stereocenters. The second kappa shape index (κ2) is 31.2. The van der Waals surface area contributed by atoms with Crippen molar-refractivity contribution in [1.29, 1.82) is 0 Å². The average Bonchev–Trinajstić information content (AvgIpc) is 2.92. The maximum atomic E-state index is 12.0. The molecule has 0 spiro atoms. The molecular formula is C35H66O4. The molecule has 0 fully saturated rings. The van der Waals surface area contributed by atoms with Crippen LogP contribution < -0.4 is 0 Å². The van der Waals surface area contributed by atoms with Gasteiger partial charge < -0.3 is 9.84 Å². The first kappa shape index (κ1) is 37.7. The molecule has 0 saturated carbocycles. The summed E-state index contributed by atoms with van der Waals surface area (Å²) in [5.41, 5.74) is 0. The molecule has 4 heteroatoms. The van der Waals surface area contributed by atoms with Crippen molar-refractivity contribution in [2.24, 2.45) is 5.92 Å². The Morgan fingerprint density at radius 2 is 0.949 bits per heavy atom. The topological polar surface area (TPSA) is 63.6 Å². The number of carbonyl (C=O) groups excluding carboxylic acids is 1. The highest BCUT2D eigenvalue weighted by atomic mass is 16.5. The fourth-order valence-electron chi connectivity index (χ4n) is 5.24. The van der Waals surface area contributed by atoms with Crippen LogP contribution >= 0.6 is 0 Å². The number of unbranched alkanes of at least 4 members (excludes halogenated alkanes) is 22. The Bertz CT molecular complexity index is 557. The molecule has 1 unspecified atom stereocenters. The average molecular weight is 551 g/mol. The molecule has 0 aliphatic heterocycles. The van der Waals surface area contributed by atoms with Gasteiger partial charge in [0.1, 0.15) is 0 Å². The fourth-order valence-corrected chi connectivity index (χ4v) is 5.24. The Morgan fingerprint density at radius 3 is 1.33 bits per heavy atom. The van der Waals surface area contributed by atoms with Gasteiger partial charge in [-0.15, -0.1) is 0 Å². The summed E-state index contributed by atoms with van der Waals surface area (Å²) in [5.74, 6) is -1.74. The maximum absolute atomic E-state index is 12.0. The van der Waals surface area contributed by atoms with Crippen LogP contribution in [0.3, 0.4) is 0 Å². The largest absolute Gasteiger partial charge is 0.481 e. The molecule has 230 valence electrons. The van der Waals surface area contributed by atoms with E-state index in [4.69, 9.17) is 9.84 Å². The normalized spacial score (nSPS) is 12.3. The van der Waals surface area contributed by atoms with Crippen molar-refractivity contribution in [2.75, 3.05) is 6.61 Å². The molecule has 0 radical (unpaired) electrons. The first-order chi connectivity index (χ1) is 19.1. The van der Waals surface area contributed by atoms with E-state index in [1.54, 1.807) is 0 Å². The molecule has 4 nitrogen and oxygen atoms in total. The van der Waals surface area contributed by atoms with Crippen molar-refractivity contribution in [1.82, 2.24) is 0 Å². The third kappa shape index (κ3) is 29.5. The zero-order chi connectivity index (χ0) is 28.7. The zero-order valence-corrected chi connectivity index (χ0v) is 26.2. The van der Waals surface area contributed by atoms with Crippen molar-refractivity contribution >= 4 is 11.9 Å². The van der Waals surface area contributed by atoms with E-state index in [9.17, 15) is 9.59 Å². The van der Waals surface area contributed by atoms with E-state index in [1.807, 2.05) is 6.92 Å². The van der Waals surface area contributed by atoms with Crippen LogP contribution in [0.1, 0.15) is 187 Å². The van der Waals surface area contributed by atoms with Crippen molar-refractivity contribution in [3.63, 3.8) is 0 Å². The van der Waals surface area contributed by atoms with Crippen molar-refractivity contribution in [3.05, 3.63) is 12.2 Å². The lowest BCUT2D eigenvalue weighted by atomic mass is 9.97. The van der Waals surface area contributed by atoms with Crippen LogP contribution in [0.2, 0.25) is 0 Å². The number of carboxylic acid groups (broad SMARTS) is 1. The van der Waals surface area contributed by atoms with Crippen LogP contribution in [-0.4, -0.2) is 23.7 Å². The number of esters is 1. The van der Waals surface area contributed by atoms with Gasteiger partial charge in [-0.2, -0.15) is 0 Å². The van der Waals surface area contributed by atoms with Crippen LogP contribution in [0.15, 0.2) is 12.2 Å². The second-order valence-corrected chi connectivity index (χ2v) is 11.7. The highest BCUT2D eigenvalue weighted by Gasteiger charge is 2.22. The highest BCUT2D eigenvalue weighted by Crippen LogP contribution is 2.18. The van der Waals surface area contributed by atoms with E-state index in [-0.39, 0.29) is 12.4 Å². The van der Waals surface area contributed by atoms with Gasteiger partial charge >= 0.3 is 11.9 Å². The lowest BCUT2D eigenvalue weighted by Gasteiger charge is -2.13. The van der Waals surface area contributed by atoms with Gasteiger partial charge in [0.2, 0.25) is 0 Å². The molecule has 0 bridgehead atoms. The minimum Gasteiger partial charge on any atom is -0.481 e. The lowest BCUT2D eigenvalue weighted by Crippen LogP contribution is -2.21. The Hall–Kier alpha value is -1.32. The maximum Gasteiger partial charge on any atom is 0.309 e. The van der Waals surface area contributed by atoms with Crippen LogP contribution in [-0.2, 0) is 14.3 Å². The standard InChI is InChI=1S/C35H66O4/c1-3-5-6-7-8-9-10-11-12-13-14-15-16-17-18-19-20-21-22-23-24-25-26-27-28-29-30-33(32-34(36)37)35(38)39-31-4-2/h12-13,33H,3-11,14-32H2,1-2H3,(H,36,37)/b13-12+. The predicted molar refractivity (Wildman–Crippen MR) is 167 cm³/mol. The van der Waals surface area contributed by atoms with Crippen molar-refractivity contribution < 1.29 is 19.4 Å². The SMILES string of the molecule is CCCCCCCCC/C=C/CCCCCCCCCCCCCCCCCC(CC(=O)O)C(=O)OCCC. The quantitative estimate of drug-likeness (QED) is 0.0529. The number of hydrogen-bond donors (Lipinski definition) is 1. The van der Waals surface area contributed by atoms with Crippen molar-refractivity contribution in [3.8, 4) is 0 Å². The predicted octanol–water partition coefficient (Wildman–Crippen LogP) is 11.4. The summed E-state index contributed by atoms with van der Waals surface area (Å²) in [6, 6.07) is 0. The van der Waals surface area contributed by atoms with Gasteiger partial charge in [-0.25, -0.2) is 0 Å². The monoisotopic (exact) mass is 550 g/mol. The molecule has 0 saturated heterocycles. The lowest BCUT2D eigenvalue weighted by molar-refractivity contribution is -0.153. The molecule has 39 heavy (non-hydrogen) atoms. The molecule has 0 amide bonds. The highest BCUT2D eigenvalue weighted by molar-refractivity contribution is 5.79. The Balaban J connectivity index is 3.35. The summed E-state index contributed by atoms with van der Waals surface area (Å²) < 4.78 is 5.16. The number of ether oxygens (including phenoxy) is 1. The number of allylic oxidation sites excluding steroid dienone is 2. The third-order valence-electron chi connectivity index (χ3n) is 7.77. The van der Waals surface area contributed by atoms with E-state index < -0.39 is 11.9 Å². The van der Waals surface area contributed by atoms with Crippen molar-refractivity contribution in [2.45, 2.75) is 187 Å². The third-order valence-corrected chi connectivity index (χ3v) is 7.77. The van der Waals surface area contributed by atoms with Gasteiger partial charge in [-0.1, -0.05) is 154 Å².